The van der Waals surface area contributed by atoms with Gasteiger partial charge in [0.25, 0.3) is 0 Å². The van der Waals surface area contributed by atoms with Gasteiger partial charge in [-0.1, -0.05) is 34.6 Å². The van der Waals surface area contributed by atoms with Crippen molar-refractivity contribution in [2.24, 2.45) is 10.8 Å². The van der Waals surface area contributed by atoms with Crippen LogP contribution < -0.4 is 5.32 Å². The van der Waals surface area contributed by atoms with Gasteiger partial charge in [0.2, 0.25) is 0 Å². The Morgan fingerprint density at radius 1 is 1.11 bits per heavy atom. The van der Waals surface area contributed by atoms with Crippen LogP contribution in [-0.4, -0.2) is 36.6 Å². The molecule has 0 spiro atoms. The zero-order valence-electron chi connectivity index (χ0n) is 13.8. The van der Waals surface area contributed by atoms with Crippen LogP contribution in [0, 0.1) is 10.8 Å². The maximum absolute atomic E-state index is 3.66. The average molecular weight is 266 g/mol. The Kier molecular flexibility index (Phi) is 4.62. The highest BCUT2D eigenvalue weighted by Crippen LogP contribution is 2.47. The third-order valence-corrected chi connectivity index (χ3v) is 5.07. The number of rotatable bonds is 4. The second-order valence-electron chi connectivity index (χ2n) is 8.45. The first-order valence-electron chi connectivity index (χ1n) is 8.29. The van der Waals surface area contributed by atoms with E-state index in [1.165, 1.54) is 51.7 Å². The second kappa shape index (κ2) is 5.73. The quantitative estimate of drug-likeness (QED) is 0.835. The summed E-state index contributed by atoms with van der Waals surface area (Å²) in [5.41, 5.74) is 1.01. The molecule has 0 aromatic carbocycles. The van der Waals surface area contributed by atoms with Gasteiger partial charge in [0.15, 0.2) is 0 Å². The number of nitrogens with one attached hydrogen (secondary N) is 1. The molecule has 2 heteroatoms. The molecular weight excluding hydrogens is 232 g/mol. The molecule has 1 N–H and O–H groups in total. The van der Waals surface area contributed by atoms with Crippen LogP contribution in [-0.2, 0) is 0 Å². The molecule has 1 saturated carbocycles. The van der Waals surface area contributed by atoms with E-state index in [4.69, 9.17) is 0 Å². The molecule has 1 aliphatic carbocycles. The van der Waals surface area contributed by atoms with Gasteiger partial charge in [0.05, 0.1) is 0 Å². The predicted octanol–water partition coefficient (Wildman–Crippen LogP) is 3.67. The molecule has 1 unspecified atom stereocenters. The van der Waals surface area contributed by atoms with Gasteiger partial charge >= 0.3 is 0 Å². The summed E-state index contributed by atoms with van der Waals surface area (Å²) in [6, 6.07) is 1.53. The summed E-state index contributed by atoms with van der Waals surface area (Å²) in [7, 11) is 0. The topological polar surface area (TPSA) is 15.3 Å². The summed E-state index contributed by atoms with van der Waals surface area (Å²) in [6.45, 7) is 15.9. The molecule has 1 atom stereocenters. The van der Waals surface area contributed by atoms with Gasteiger partial charge in [-0.05, 0) is 56.0 Å². The number of likely N-dealkylation sites (N-methyl/N-ethyl adjacent to an activating group) is 1. The SMILES string of the molecule is CCN(CC1CCCN1)C1CC(C)(C)CC(C)(C)C1. The van der Waals surface area contributed by atoms with Crippen LogP contribution in [0.2, 0.25) is 0 Å². The molecule has 0 amide bonds. The highest BCUT2D eigenvalue weighted by molar-refractivity contribution is 4.94. The third kappa shape index (κ3) is 4.19. The smallest absolute Gasteiger partial charge is 0.0195 e. The lowest BCUT2D eigenvalue weighted by atomic mass is 9.63. The third-order valence-electron chi connectivity index (χ3n) is 5.07. The molecule has 19 heavy (non-hydrogen) atoms. The van der Waals surface area contributed by atoms with Gasteiger partial charge in [-0.25, -0.2) is 0 Å². The standard InChI is InChI=1S/C17H34N2/c1-6-19(12-14-8-7-9-18-14)15-10-16(2,3)13-17(4,5)11-15/h14-15,18H,6-13H2,1-5H3. The van der Waals surface area contributed by atoms with Crippen LogP contribution in [0.5, 0.6) is 0 Å². The fourth-order valence-electron chi connectivity index (χ4n) is 4.78. The van der Waals surface area contributed by atoms with E-state index >= 15 is 0 Å². The number of nitrogens with zero attached hydrogens (tertiary/aromatic N) is 1. The molecule has 0 aromatic rings. The van der Waals surface area contributed by atoms with Crippen LogP contribution in [0.1, 0.15) is 66.7 Å². The van der Waals surface area contributed by atoms with Crippen LogP contribution in [0.4, 0.5) is 0 Å². The lowest BCUT2D eigenvalue weighted by molar-refractivity contribution is 0.0234. The van der Waals surface area contributed by atoms with E-state index in [0.717, 1.165) is 12.1 Å². The van der Waals surface area contributed by atoms with Crippen LogP contribution >= 0.6 is 0 Å². The van der Waals surface area contributed by atoms with Crippen molar-refractivity contribution in [2.45, 2.75) is 78.8 Å². The van der Waals surface area contributed by atoms with Crippen molar-refractivity contribution in [2.75, 3.05) is 19.6 Å². The van der Waals surface area contributed by atoms with Crippen LogP contribution in [0.25, 0.3) is 0 Å². The van der Waals surface area contributed by atoms with Crippen molar-refractivity contribution in [3.05, 3.63) is 0 Å². The van der Waals surface area contributed by atoms with E-state index < -0.39 is 0 Å². The molecule has 1 saturated heterocycles. The zero-order valence-corrected chi connectivity index (χ0v) is 13.8. The first-order valence-corrected chi connectivity index (χ1v) is 8.29. The normalized spacial score (nSPS) is 30.9. The molecule has 2 rings (SSSR count). The highest BCUT2D eigenvalue weighted by Gasteiger charge is 2.40. The molecule has 2 fully saturated rings. The van der Waals surface area contributed by atoms with Gasteiger partial charge in [-0.15, -0.1) is 0 Å². The van der Waals surface area contributed by atoms with Crippen molar-refractivity contribution in [1.82, 2.24) is 10.2 Å². The minimum absolute atomic E-state index is 0.503. The largest absolute Gasteiger partial charge is 0.313 e. The van der Waals surface area contributed by atoms with Gasteiger partial charge in [-0.3, -0.25) is 4.90 Å². The Hall–Kier alpha value is -0.0800. The lowest BCUT2D eigenvalue weighted by Crippen LogP contribution is -2.49. The van der Waals surface area contributed by atoms with Crippen molar-refractivity contribution < 1.29 is 0 Å². The average Bonchev–Trinajstić information content (AvgIpc) is 2.73. The van der Waals surface area contributed by atoms with E-state index in [1.807, 2.05) is 0 Å². The minimum Gasteiger partial charge on any atom is -0.313 e. The number of hydrogen-bond acceptors (Lipinski definition) is 2. The van der Waals surface area contributed by atoms with Gasteiger partial charge in [0.1, 0.15) is 0 Å². The van der Waals surface area contributed by atoms with E-state index in [2.05, 4.69) is 44.8 Å². The molecule has 112 valence electrons. The molecule has 1 aliphatic heterocycles. The van der Waals surface area contributed by atoms with Gasteiger partial charge < -0.3 is 5.32 Å². The Morgan fingerprint density at radius 3 is 2.21 bits per heavy atom. The summed E-state index contributed by atoms with van der Waals surface area (Å²) < 4.78 is 0. The van der Waals surface area contributed by atoms with E-state index in [-0.39, 0.29) is 0 Å². The molecule has 2 nitrogen and oxygen atoms in total. The monoisotopic (exact) mass is 266 g/mol. The summed E-state index contributed by atoms with van der Waals surface area (Å²) in [4.78, 5) is 2.76. The lowest BCUT2D eigenvalue weighted by Gasteiger charge is -2.49. The Morgan fingerprint density at radius 2 is 1.74 bits per heavy atom. The zero-order chi connectivity index (χ0) is 14.1. The fraction of sp³-hybridized carbons (Fsp3) is 1.00. The summed E-state index contributed by atoms with van der Waals surface area (Å²) in [5.74, 6) is 0. The van der Waals surface area contributed by atoms with Crippen LogP contribution in [0.3, 0.4) is 0 Å². The van der Waals surface area contributed by atoms with Gasteiger partial charge in [0, 0.05) is 18.6 Å². The Bertz CT molecular complexity index is 274. The van der Waals surface area contributed by atoms with E-state index in [1.54, 1.807) is 0 Å². The molecule has 0 aromatic heterocycles. The van der Waals surface area contributed by atoms with Crippen molar-refractivity contribution in [3.8, 4) is 0 Å². The summed E-state index contributed by atoms with van der Waals surface area (Å²) >= 11 is 0. The first kappa shape index (κ1) is 15.3. The minimum atomic E-state index is 0.503. The second-order valence-corrected chi connectivity index (χ2v) is 8.45. The van der Waals surface area contributed by atoms with Crippen molar-refractivity contribution in [1.29, 1.82) is 0 Å². The predicted molar refractivity (Wildman–Crippen MR) is 83.5 cm³/mol. The highest BCUT2D eigenvalue weighted by atomic mass is 15.2. The first-order chi connectivity index (χ1) is 8.81. The Balaban J connectivity index is 2.00. The molecule has 0 radical (unpaired) electrons. The van der Waals surface area contributed by atoms with Crippen molar-refractivity contribution >= 4 is 0 Å². The molecule has 2 aliphatic rings. The molecular formula is C17H34N2. The summed E-state index contributed by atoms with van der Waals surface area (Å²) in [5, 5.41) is 3.66. The van der Waals surface area contributed by atoms with E-state index in [9.17, 15) is 0 Å². The maximum atomic E-state index is 3.66. The molecule has 0 bridgehead atoms. The Labute approximate surface area is 120 Å². The number of hydrogen-bond donors (Lipinski definition) is 1. The van der Waals surface area contributed by atoms with Crippen molar-refractivity contribution in [3.63, 3.8) is 0 Å². The summed E-state index contributed by atoms with van der Waals surface area (Å²) in [6.07, 6.45) is 6.85. The fourth-order valence-corrected chi connectivity index (χ4v) is 4.78. The maximum Gasteiger partial charge on any atom is 0.0195 e. The van der Waals surface area contributed by atoms with Gasteiger partial charge in [-0.2, -0.15) is 0 Å². The van der Waals surface area contributed by atoms with Crippen LogP contribution in [0.15, 0.2) is 0 Å². The van der Waals surface area contributed by atoms with E-state index in [0.29, 0.717) is 10.8 Å². The molecule has 1 heterocycles.